The fourth-order valence-electron chi connectivity index (χ4n) is 3.28. The number of hydrogen-bond acceptors (Lipinski definition) is 8. The molecule has 0 aliphatic carbocycles. The molecule has 3 rings (SSSR count). The Kier molecular flexibility index (Phi) is 6.40. The van der Waals surface area contributed by atoms with Crippen LogP contribution in [0.15, 0.2) is 52.0 Å². The van der Waals surface area contributed by atoms with E-state index in [2.05, 4.69) is 32.1 Å². The zero-order valence-corrected chi connectivity index (χ0v) is 16.3. The first-order valence-corrected chi connectivity index (χ1v) is 9.71. The SMILES string of the molecule is C=C(NC)NCC1CC2=C(/C(C=N)=C/NC(F)F)CN=C(c3nccs3)N2C1. The molecule has 0 amide bonds. The number of aliphatic imine (C=N–C) groups is 1. The van der Waals surface area contributed by atoms with Gasteiger partial charge in [0.1, 0.15) is 0 Å². The van der Waals surface area contributed by atoms with Gasteiger partial charge in [-0.15, -0.1) is 11.3 Å². The molecule has 2 aliphatic heterocycles. The van der Waals surface area contributed by atoms with Crippen LogP contribution in [0, 0.1) is 11.3 Å². The van der Waals surface area contributed by atoms with Gasteiger partial charge in [0.05, 0.1) is 12.4 Å². The molecule has 0 radical (unpaired) electrons. The van der Waals surface area contributed by atoms with E-state index in [0.29, 0.717) is 12.1 Å². The van der Waals surface area contributed by atoms with Crippen LogP contribution in [-0.4, -0.2) is 55.2 Å². The van der Waals surface area contributed by atoms with E-state index in [0.717, 1.165) is 53.7 Å². The predicted octanol–water partition coefficient (Wildman–Crippen LogP) is 2.11. The molecule has 0 bridgehead atoms. The van der Waals surface area contributed by atoms with Crippen molar-refractivity contribution < 1.29 is 8.78 Å². The highest BCUT2D eigenvalue weighted by atomic mass is 32.1. The second-order valence-corrected chi connectivity index (χ2v) is 7.30. The third-order valence-electron chi connectivity index (χ3n) is 4.64. The number of thiazole rings is 1. The van der Waals surface area contributed by atoms with Gasteiger partial charge in [-0.25, -0.2) is 4.98 Å². The summed E-state index contributed by atoms with van der Waals surface area (Å²) in [6, 6.07) is 0. The molecule has 1 aromatic heterocycles. The van der Waals surface area contributed by atoms with E-state index in [1.807, 2.05) is 10.7 Å². The zero-order valence-electron chi connectivity index (χ0n) is 15.5. The van der Waals surface area contributed by atoms with Crippen LogP contribution in [-0.2, 0) is 0 Å². The molecule has 1 atom stereocenters. The number of rotatable bonds is 9. The van der Waals surface area contributed by atoms with Gasteiger partial charge in [0, 0.05) is 61.0 Å². The highest BCUT2D eigenvalue weighted by Crippen LogP contribution is 2.35. The van der Waals surface area contributed by atoms with E-state index in [1.54, 1.807) is 13.2 Å². The highest BCUT2D eigenvalue weighted by Gasteiger charge is 2.35. The average Bonchev–Trinajstić information content (AvgIpc) is 3.36. The van der Waals surface area contributed by atoms with Crippen LogP contribution in [0.25, 0.3) is 0 Å². The Morgan fingerprint density at radius 2 is 2.36 bits per heavy atom. The number of aromatic nitrogens is 1. The summed E-state index contributed by atoms with van der Waals surface area (Å²) in [7, 11) is 1.80. The summed E-state index contributed by atoms with van der Waals surface area (Å²) in [6.07, 6.45) is 4.78. The first-order chi connectivity index (χ1) is 13.5. The Labute approximate surface area is 166 Å². The first kappa shape index (κ1) is 20.0. The monoisotopic (exact) mass is 407 g/mol. The molecular weight excluding hydrogens is 384 g/mol. The third kappa shape index (κ3) is 4.38. The minimum atomic E-state index is -2.68. The lowest BCUT2D eigenvalue weighted by molar-refractivity contribution is 0.125. The lowest BCUT2D eigenvalue weighted by Crippen LogP contribution is -2.34. The quantitative estimate of drug-likeness (QED) is 0.372. The van der Waals surface area contributed by atoms with Crippen molar-refractivity contribution in [1.29, 1.82) is 5.41 Å². The standard InChI is InChI=1S/C18H23F2N7S/c1-11(22-2)24-7-12-5-15-14(13(6-21)8-26-18(19)20)9-25-16(27(15)10-12)17-23-3-4-28-17/h3-4,6,8,12,18,21-22,24,26H,1,5,7,9-10H2,2H3/b13-8+,21-6?. The Morgan fingerprint density at radius 1 is 1.54 bits per heavy atom. The number of allylic oxidation sites excluding steroid dienone is 1. The predicted molar refractivity (Wildman–Crippen MR) is 108 cm³/mol. The van der Waals surface area contributed by atoms with Gasteiger partial charge in [-0.05, 0) is 12.3 Å². The van der Waals surface area contributed by atoms with Gasteiger partial charge < -0.3 is 26.3 Å². The molecule has 0 saturated carbocycles. The van der Waals surface area contributed by atoms with E-state index in [1.165, 1.54) is 17.5 Å². The van der Waals surface area contributed by atoms with Gasteiger partial charge in [0.15, 0.2) is 10.8 Å². The molecule has 28 heavy (non-hydrogen) atoms. The van der Waals surface area contributed by atoms with Crippen molar-refractivity contribution in [2.24, 2.45) is 10.9 Å². The van der Waals surface area contributed by atoms with E-state index in [9.17, 15) is 8.78 Å². The topological polar surface area (TPSA) is 88.4 Å². The van der Waals surface area contributed by atoms with E-state index in [-0.39, 0.29) is 5.92 Å². The third-order valence-corrected chi connectivity index (χ3v) is 5.41. The van der Waals surface area contributed by atoms with Crippen LogP contribution in [0.4, 0.5) is 8.78 Å². The molecule has 1 aromatic rings. The van der Waals surface area contributed by atoms with Gasteiger partial charge in [-0.2, -0.15) is 8.78 Å². The largest absolute Gasteiger partial charge is 0.375 e. The van der Waals surface area contributed by atoms with E-state index >= 15 is 0 Å². The Balaban J connectivity index is 1.89. The summed E-state index contributed by atoms with van der Waals surface area (Å²) in [4.78, 5) is 11.1. The number of hydrogen-bond donors (Lipinski definition) is 4. The van der Waals surface area contributed by atoms with Crippen LogP contribution in [0.2, 0.25) is 0 Å². The second kappa shape index (κ2) is 8.96. The Morgan fingerprint density at radius 3 is 3.00 bits per heavy atom. The molecule has 3 heterocycles. The van der Waals surface area contributed by atoms with Crippen molar-refractivity contribution in [3.63, 3.8) is 0 Å². The second-order valence-electron chi connectivity index (χ2n) is 6.40. The molecule has 1 unspecified atom stereocenters. The number of nitrogens with one attached hydrogen (secondary N) is 4. The molecular formula is C18H23F2N7S. The number of amidine groups is 1. The Hall–Kier alpha value is -2.75. The van der Waals surface area contributed by atoms with Crippen LogP contribution < -0.4 is 16.0 Å². The summed E-state index contributed by atoms with van der Waals surface area (Å²) >= 11 is 1.51. The summed E-state index contributed by atoms with van der Waals surface area (Å²) in [5, 5.41) is 18.6. The maximum absolute atomic E-state index is 12.6. The average molecular weight is 407 g/mol. The van der Waals surface area contributed by atoms with Crippen LogP contribution in [0.5, 0.6) is 0 Å². The smallest absolute Gasteiger partial charge is 0.312 e. The number of fused-ring (bicyclic) bond motifs is 1. The summed E-state index contributed by atoms with van der Waals surface area (Å²) < 4.78 is 25.1. The van der Waals surface area contributed by atoms with Gasteiger partial charge in [-0.3, -0.25) is 4.99 Å². The van der Waals surface area contributed by atoms with Crippen molar-refractivity contribution in [3.8, 4) is 0 Å². The normalized spacial score (nSPS) is 19.4. The summed E-state index contributed by atoms with van der Waals surface area (Å²) in [6.45, 7) is 2.98. The molecule has 4 N–H and O–H groups in total. The zero-order chi connectivity index (χ0) is 20.1. The number of halogens is 2. The summed E-state index contributed by atoms with van der Waals surface area (Å²) in [5.74, 6) is 1.83. The minimum absolute atomic E-state index is 0.286. The van der Waals surface area contributed by atoms with Crippen molar-refractivity contribution in [1.82, 2.24) is 25.8 Å². The Bertz CT molecular complexity index is 814. The number of nitrogens with zero attached hydrogens (tertiary/aromatic N) is 3. The molecule has 2 aliphatic rings. The van der Waals surface area contributed by atoms with Crippen molar-refractivity contribution in [2.75, 3.05) is 26.7 Å². The molecule has 150 valence electrons. The number of alkyl halides is 2. The van der Waals surface area contributed by atoms with Crippen molar-refractivity contribution in [3.05, 3.63) is 52.0 Å². The van der Waals surface area contributed by atoms with E-state index in [4.69, 9.17) is 5.41 Å². The maximum atomic E-state index is 12.6. The van der Waals surface area contributed by atoms with Crippen molar-refractivity contribution >= 4 is 23.4 Å². The molecule has 1 saturated heterocycles. The fraction of sp³-hybridized carbons (Fsp3) is 0.389. The molecule has 10 heteroatoms. The van der Waals surface area contributed by atoms with Crippen LogP contribution in [0.1, 0.15) is 11.4 Å². The summed E-state index contributed by atoms with van der Waals surface area (Å²) in [5.41, 5.74) is 2.21. The van der Waals surface area contributed by atoms with Gasteiger partial charge in [0.25, 0.3) is 0 Å². The molecule has 0 spiro atoms. The minimum Gasteiger partial charge on any atom is -0.375 e. The van der Waals surface area contributed by atoms with Crippen LogP contribution >= 0.6 is 11.3 Å². The van der Waals surface area contributed by atoms with Gasteiger partial charge in [-0.1, -0.05) is 6.58 Å². The lowest BCUT2D eigenvalue weighted by Gasteiger charge is -2.28. The molecule has 0 aromatic carbocycles. The lowest BCUT2D eigenvalue weighted by atomic mass is 10.00. The fourth-order valence-corrected chi connectivity index (χ4v) is 3.94. The maximum Gasteiger partial charge on any atom is 0.312 e. The van der Waals surface area contributed by atoms with Crippen LogP contribution in [0.3, 0.4) is 0 Å². The highest BCUT2D eigenvalue weighted by molar-refractivity contribution is 7.11. The van der Waals surface area contributed by atoms with Crippen molar-refractivity contribution in [2.45, 2.75) is 13.0 Å². The molecule has 7 nitrogen and oxygen atoms in total. The van der Waals surface area contributed by atoms with E-state index < -0.39 is 6.55 Å². The molecule has 1 fully saturated rings. The van der Waals surface area contributed by atoms with Gasteiger partial charge in [0.2, 0.25) is 0 Å². The van der Waals surface area contributed by atoms with Gasteiger partial charge >= 0.3 is 6.55 Å². The first-order valence-electron chi connectivity index (χ1n) is 8.83.